The normalized spacial score (nSPS) is 19.6. The predicted octanol–water partition coefficient (Wildman–Crippen LogP) is 1.84. The summed E-state index contributed by atoms with van der Waals surface area (Å²) in [5.41, 5.74) is 0.118. The average Bonchev–Trinajstić information content (AvgIpc) is 2.67. The van der Waals surface area contributed by atoms with E-state index in [0.717, 1.165) is 26.1 Å². The molecule has 1 aliphatic heterocycles. The molecular weight excluding hydrogens is 226 g/mol. The Labute approximate surface area is 98.3 Å². The molecule has 0 saturated carbocycles. The quantitative estimate of drug-likeness (QED) is 0.877. The van der Waals surface area contributed by atoms with Gasteiger partial charge in [-0.3, -0.25) is 4.79 Å². The first-order chi connectivity index (χ1) is 7.60. The monoisotopic (exact) mass is 241 g/mol. The molecule has 2 rings (SSSR count). The summed E-state index contributed by atoms with van der Waals surface area (Å²) in [4.78, 5) is 15.9. The second-order valence-corrected chi connectivity index (χ2v) is 5.48. The molecule has 1 saturated heterocycles. The fraction of sp³-hybridized carbons (Fsp3) is 0.636. The van der Waals surface area contributed by atoms with Crippen molar-refractivity contribution < 1.29 is 14.6 Å². The molecule has 0 atom stereocenters. The lowest BCUT2D eigenvalue weighted by atomic mass is 9.81. The van der Waals surface area contributed by atoms with E-state index in [9.17, 15) is 4.79 Å². The predicted molar refractivity (Wildman–Crippen MR) is 60.9 cm³/mol. The van der Waals surface area contributed by atoms with E-state index in [2.05, 4.69) is 11.9 Å². The van der Waals surface area contributed by atoms with Crippen molar-refractivity contribution in [1.29, 1.82) is 0 Å². The van der Waals surface area contributed by atoms with Crippen LogP contribution in [-0.4, -0.2) is 29.3 Å². The van der Waals surface area contributed by atoms with Gasteiger partial charge in [0.2, 0.25) is 0 Å². The van der Waals surface area contributed by atoms with E-state index in [0.29, 0.717) is 5.01 Å². The van der Waals surface area contributed by atoms with Crippen molar-refractivity contribution in [2.45, 2.75) is 31.6 Å². The van der Waals surface area contributed by atoms with Crippen LogP contribution in [0.3, 0.4) is 0 Å². The number of rotatable bonds is 3. The summed E-state index contributed by atoms with van der Waals surface area (Å²) in [6, 6.07) is 0. The van der Waals surface area contributed by atoms with Crippen LogP contribution in [-0.2, 0) is 21.4 Å². The fourth-order valence-corrected chi connectivity index (χ4v) is 2.98. The molecule has 0 aliphatic carbocycles. The van der Waals surface area contributed by atoms with Gasteiger partial charge in [0.1, 0.15) is 5.01 Å². The van der Waals surface area contributed by atoms with Crippen molar-refractivity contribution in [2.24, 2.45) is 0 Å². The first-order valence-corrected chi connectivity index (χ1v) is 6.16. The van der Waals surface area contributed by atoms with Crippen LogP contribution in [0, 0.1) is 0 Å². The Bertz CT molecular complexity index is 382. The van der Waals surface area contributed by atoms with Crippen LogP contribution >= 0.6 is 11.3 Å². The highest BCUT2D eigenvalue weighted by atomic mass is 32.1. The van der Waals surface area contributed by atoms with E-state index in [-0.39, 0.29) is 11.8 Å². The smallest absolute Gasteiger partial charge is 0.310 e. The lowest BCUT2D eigenvalue weighted by molar-refractivity contribution is -0.136. The zero-order valence-corrected chi connectivity index (χ0v) is 10.0. The number of carboxylic acids is 1. The Morgan fingerprint density at radius 3 is 2.94 bits per heavy atom. The molecule has 5 heteroatoms. The fourth-order valence-electron chi connectivity index (χ4n) is 1.87. The minimum atomic E-state index is -0.821. The van der Waals surface area contributed by atoms with Gasteiger partial charge in [0.25, 0.3) is 0 Å². The molecule has 1 aliphatic rings. The largest absolute Gasteiger partial charge is 0.481 e. The van der Waals surface area contributed by atoms with E-state index in [4.69, 9.17) is 9.84 Å². The van der Waals surface area contributed by atoms with Gasteiger partial charge in [-0.2, -0.15) is 0 Å². The molecule has 16 heavy (non-hydrogen) atoms. The first-order valence-electron chi connectivity index (χ1n) is 5.35. The van der Waals surface area contributed by atoms with E-state index < -0.39 is 5.97 Å². The highest BCUT2D eigenvalue weighted by molar-refractivity contribution is 7.11. The Hall–Kier alpha value is -0.940. The Morgan fingerprint density at radius 1 is 1.62 bits per heavy atom. The SMILES string of the molecule is CC1(c2cnc(CC(=O)O)s2)CCOCC1. The molecule has 1 aromatic rings. The Morgan fingerprint density at radius 2 is 2.31 bits per heavy atom. The lowest BCUT2D eigenvalue weighted by Crippen LogP contribution is -2.29. The third-order valence-electron chi connectivity index (χ3n) is 3.05. The summed E-state index contributed by atoms with van der Waals surface area (Å²) >= 11 is 1.52. The zero-order chi connectivity index (χ0) is 11.6. The molecule has 4 nitrogen and oxygen atoms in total. The summed E-state index contributed by atoms with van der Waals surface area (Å²) in [6.45, 7) is 3.76. The van der Waals surface area contributed by atoms with Gasteiger partial charge in [0.15, 0.2) is 0 Å². The summed E-state index contributed by atoms with van der Waals surface area (Å²) in [7, 11) is 0. The van der Waals surface area contributed by atoms with Gasteiger partial charge in [-0.1, -0.05) is 6.92 Å². The first kappa shape index (κ1) is 11.5. The summed E-state index contributed by atoms with van der Waals surface area (Å²) in [6.07, 6.45) is 3.83. The van der Waals surface area contributed by atoms with E-state index in [1.165, 1.54) is 16.2 Å². The number of aliphatic carboxylic acids is 1. The third kappa shape index (κ3) is 2.41. The van der Waals surface area contributed by atoms with Crippen LogP contribution in [0.25, 0.3) is 0 Å². The van der Waals surface area contributed by atoms with Crippen molar-refractivity contribution >= 4 is 17.3 Å². The second kappa shape index (κ2) is 4.51. The highest BCUT2D eigenvalue weighted by Crippen LogP contribution is 2.37. The van der Waals surface area contributed by atoms with Crippen LogP contribution in [0.2, 0.25) is 0 Å². The molecule has 0 radical (unpaired) electrons. The summed E-state index contributed by atoms with van der Waals surface area (Å²) in [5.74, 6) is -0.821. The standard InChI is InChI=1S/C11H15NO3S/c1-11(2-4-15-5-3-11)8-7-12-9(16-8)6-10(13)14/h7H,2-6H2,1H3,(H,13,14). The van der Waals surface area contributed by atoms with Crippen molar-refractivity contribution in [3.63, 3.8) is 0 Å². The number of nitrogens with zero attached hydrogens (tertiary/aromatic N) is 1. The van der Waals surface area contributed by atoms with Gasteiger partial charge in [-0.05, 0) is 12.8 Å². The minimum absolute atomic E-state index is 0.0250. The number of hydrogen-bond donors (Lipinski definition) is 1. The highest BCUT2D eigenvalue weighted by Gasteiger charge is 2.31. The lowest BCUT2D eigenvalue weighted by Gasteiger charge is -2.32. The molecule has 0 amide bonds. The number of carbonyl (C=O) groups is 1. The number of thiazole rings is 1. The van der Waals surface area contributed by atoms with Crippen LogP contribution in [0.15, 0.2) is 6.20 Å². The number of ether oxygens (including phenoxy) is 1. The molecule has 0 bridgehead atoms. The van der Waals surface area contributed by atoms with Crippen molar-refractivity contribution in [3.05, 3.63) is 16.1 Å². The van der Waals surface area contributed by atoms with Crippen molar-refractivity contribution in [2.75, 3.05) is 13.2 Å². The second-order valence-electron chi connectivity index (χ2n) is 4.36. The molecule has 0 spiro atoms. The van der Waals surface area contributed by atoms with Gasteiger partial charge >= 0.3 is 5.97 Å². The van der Waals surface area contributed by atoms with Gasteiger partial charge in [-0.25, -0.2) is 4.98 Å². The van der Waals surface area contributed by atoms with Crippen LogP contribution in [0.4, 0.5) is 0 Å². The van der Waals surface area contributed by atoms with Crippen LogP contribution < -0.4 is 0 Å². The maximum absolute atomic E-state index is 10.6. The maximum Gasteiger partial charge on any atom is 0.310 e. The van der Waals surface area contributed by atoms with E-state index >= 15 is 0 Å². The third-order valence-corrected chi connectivity index (χ3v) is 4.35. The Kier molecular flexibility index (Phi) is 3.25. The zero-order valence-electron chi connectivity index (χ0n) is 9.23. The van der Waals surface area contributed by atoms with Crippen LogP contribution in [0.1, 0.15) is 29.7 Å². The molecule has 1 aromatic heterocycles. The van der Waals surface area contributed by atoms with Crippen molar-refractivity contribution in [1.82, 2.24) is 4.98 Å². The molecule has 88 valence electrons. The number of aromatic nitrogens is 1. The Balaban J connectivity index is 2.13. The topological polar surface area (TPSA) is 59.4 Å². The molecule has 1 fully saturated rings. The minimum Gasteiger partial charge on any atom is -0.481 e. The molecule has 1 N–H and O–H groups in total. The summed E-state index contributed by atoms with van der Waals surface area (Å²) in [5, 5.41) is 9.39. The maximum atomic E-state index is 10.6. The van der Waals surface area contributed by atoms with Gasteiger partial charge in [-0.15, -0.1) is 11.3 Å². The number of carboxylic acid groups (broad SMARTS) is 1. The van der Waals surface area contributed by atoms with E-state index in [1.54, 1.807) is 0 Å². The van der Waals surface area contributed by atoms with Gasteiger partial charge < -0.3 is 9.84 Å². The summed E-state index contributed by atoms with van der Waals surface area (Å²) < 4.78 is 5.35. The van der Waals surface area contributed by atoms with E-state index in [1.807, 2.05) is 6.20 Å². The average molecular weight is 241 g/mol. The number of hydrogen-bond acceptors (Lipinski definition) is 4. The van der Waals surface area contributed by atoms with Gasteiger partial charge in [0.05, 0.1) is 6.42 Å². The van der Waals surface area contributed by atoms with Crippen molar-refractivity contribution in [3.8, 4) is 0 Å². The molecule has 0 unspecified atom stereocenters. The van der Waals surface area contributed by atoms with Crippen LogP contribution in [0.5, 0.6) is 0 Å². The molecular formula is C11H15NO3S. The van der Waals surface area contributed by atoms with Gasteiger partial charge in [0, 0.05) is 29.7 Å². The molecule has 0 aromatic carbocycles. The molecule has 2 heterocycles.